The highest BCUT2D eigenvalue weighted by atomic mass is 15.4. The van der Waals surface area contributed by atoms with Gasteiger partial charge in [-0.3, -0.25) is 5.10 Å². The minimum absolute atomic E-state index is 0.659. The molecular weight excluding hydrogens is 250 g/mol. The van der Waals surface area contributed by atoms with Crippen LogP contribution in [0.2, 0.25) is 0 Å². The quantitative estimate of drug-likeness (QED) is 0.865. The second-order valence-corrected chi connectivity index (χ2v) is 6.32. The molecule has 2 heterocycles. The molecule has 112 valence electrons. The largest absolute Gasteiger partial charge is 0.339 e. The van der Waals surface area contributed by atoms with Crippen LogP contribution in [0.25, 0.3) is 0 Å². The Morgan fingerprint density at radius 3 is 2.65 bits per heavy atom. The molecule has 1 aromatic rings. The fourth-order valence-electron chi connectivity index (χ4n) is 3.55. The van der Waals surface area contributed by atoms with Crippen LogP contribution in [0.3, 0.4) is 0 Å². The Labute approximate surface area is 121 Å². The van der Waals surface area contributed by atoms with E-state index in [1.807, 2.05) is 7.05 Å². The van der Waals surface area contributed by atoms with Crippen LogP contribution in [0.4, 0.5) is 5.95 Å². The lowest BCUT2D eigenvalue weighted by molar-refractivity contribution is 0.439. The number of anilines is 1. The van der Waals surface area contributed by atoms with Crippen LogP contribution in [0, 0.1) is 5.92 Å². The Balaban J connectivity index is 1.49. The molecule has 1 saturated heterocycles. The number of piperidine rings is 1. The zero-order chi connectivity index (χ0) is 13.8. The van der Waals surface area contributed by atoms with Gasteiger partial charge in [-0.25, -0.2) is 0 Å². The maximum atomic E-state index is 4.68. The van der Waals surface area contributed by atoms with Gasteiger partial charge in [-0.05, 0) is 32.2 Å². The minimum Gasteiger partial charge on any atom is -0.339 e. The summed E-state index contributed by atoms with van der Waals surface area (Å²) in [7, 11) is 2.05. The lowest BCUT2D eigenvalue weighted by atomic mass is 10.0. The van der Waals surface area contributed by atoms with Crippen LogP contribution < -0.4 is 10.2 Å². The van der Waals surface area contributed by atoms with Gasteiger partial charge in [0.15, 0.2) is 0 Å². The van der Waals surface area contributed by atoms with Gasteiger partial charge in [0.05, 0.1) is 0 Å². The van der Waals surface area contributed by atoms with Crippen molar-refractivity contribution in [2.45, 2.75) is 57.4 Å². The van der Waals surface area contributed by atoms with Crippen LogP contribution in [-0.4, -0.2) is 41.4 Å². The summed E-state index contributed by atoms with van der Waals surface area (Å²) in [5.74, 6) is 2.90. The molecule has 0 amide bonds. The van der Waals surface area contributed by atoms with Crippen molar-refractivity contribution in [2.75, 3.05) is 25.0 Å². The number of rotatable bonds is 5. The Morgan fingerprint density at radius 2 is 1.95 bits per heavy atom. The van der Waals surface area contributed by atoms with Crippen molar-refractivity contribution in [2.24, 2.45) is 5.92 Å². The molecule has 0 spiro atoms. The number of hydrogen-bond donors (Lipinski definition) is 2. The van der Waals surface area contributed by atoms with Gasteiger partial charge in [0.1, 0.15) is 5.82 Å². The van der Waals surface area contributed by atoms with Gasteiger partial charge in [0.25, 0.3) is 0 Å². The van der Waals surface area contributed by atoms with Gasteiger partial charge in [-0.2, -0.15) is 4.98 Å². The van der Waals surface area contributed by atoms with E-state index in [2.05, 4.69) is 25.4 Å². The molecule has 2 aliphatic rings. The number of nitrogens with one attached hydrogen (secondary N) is 2. The second kappa shape index (κ2) is 6.57. The van der Waals surface area contributed by atoms with Crippen molar-refractivity contribution in [1.82, 2.24) is 20.5 Å². The molecule has 1 aliphatic carbocycles. The first-order chi connectivity index (χ1) is 9.85. The van der Waals surface area contributed by atoms with Crippen molar-refractivity contribution in [3.63, 3.8) is 0 Å². The minimum atomic E-state index is 0.659. The summed E-state index contributed by atoms with van der Waals surface area (Å²) in [6, 6.07) is 0.659. The molecule has 0 aromatic carbocycles. The smallest absolute Gasteiger partial charge is 0.244 e. The van der Waals surface area contributed by atoms with Crippen LogP contribution in [0.1, 0.15) is 50.8 Å². The van der Waals surface area contributed by atoms with E-state index < -0.39 is 0 Å². The highest BCUT2D eigenvalue weighted by Gasteiger charge is 2.21. The van der Waals surface area contributed by atoms with Crippen molar-refractivity contribution in [1.29, 1.82) is 0 Å². The summed E-state index contributed by atoms with van der Waals surface area (Å²) in [6.45, 7) is 2.12. The summed E-state index contributed by atoms with van der Waals surface area (Å²) in [5.41, 5.74) is 0. The molecule has 2 N–H and O–H groups in total. The van der Waals surface area contributed by atoms with Crippen molar-refractivity contribution < 1.29 is 0 Å². The zero-order valence-corrected chi connectivity index (χ0v) is 12.6. The molecule has 5 nitrogen and oxygen atoms in total. The van der Waals surface area contributed by atoms with E-state index in [0.717, 1.165) is 37.2 Å². The first-order valence-electron chi connectivity index (χ1n) is 8.18. The van der Waals surface area contributed by atoms with Gasteiger partial charge in [-0.1, -0.05) is 25.7 Å². The maximum Gasteiger partial charge on any atom is 0.244 e. The first-order valence-corrected chi connectivity index (χ1v) is 8.18. The topological polar surface area (TPSA) is 56.8 Å². The molecule has 0 bridgehead atoms. The van der Waals surface area contributed by atoms with Crippen LogP contribution >= 0.6 is 0 Å². The van der Waals surface area contributed by atoms with E-state index in [9.17, 15) is 0 Å². The van der Waals surface area contributed by atoms with Crippen molar-refractivity contribution in [3.8, 4) is 0 Å². The lowest BCUT2D eigenvalue weighted by Gasteiger charge is -2.30. The number of H-pyrrole nitrogens is 1. The summed E-state index contributed by atoms with van der Waals surface area (Å²) in [6.07, 6.45) is 10.4. The predicted octanol–water partition coefficient (Wildman–Crippen LogP) is 2.12. The molecule has 2 fully saturated rings. The molecule has 1 saturated carbocycles. The third kappa shape index (κ3) is 3.32. The molecule has 5 heteroatoms. The molecular formula is C15H27N5. The highest BCUT2D eigenvalue weighted by Crippen LogP contribution is 2.28. The highest BCUT2D eigenvalue weighted by molar-refractivity contribution is 5.29. The summed E-state index contributed by atoms with van der Waals surface area (Å²) in [5, 5.41) is 10.9. The Morgan fingerprint density at radius 1 is 1.20 bits per heavy atom. The van der Waals surface area contributed by atoms with E-state index in [1.165, 1.54) is 44.9 Å². The third-order valence-electron chi connectivity index (χ3n) is 4.97. The fourth-order valence-corrected chi connectivity index (χ4v) is 3.55. The normalized spacial score (nSPS) is 21.8. The van der Waals surface area contributed by atoms with E-state index in [0.29, 0.717) is 6.04 Å². The molecule has 0 unspecified atom stereocenters. The van der Waals surface area contributed by atoms with Crippen molar-refractivity contribution >= 4 is 5.95 Å². The second-order valence-electron chi connectivity index (χ2n) is 6.32. The van der Waals surface area contributed by atoms with E-state index in [4.69, 9.17) is 0 Å². The van der Waals surface area contributed by atoms with Gasteiger partial charge in [0, 0.05) is 25.6 Å². The van der Waals surface area contributed by atoms with Crippen molar-refractivity contribution in [3.05, 3.63) is 5.82 Å². The number of aromatic amines is 1. The van der Waals surface area contributed by atoms with Crippen LogP contribution in [0.5, 0.6) is 0 Å². The third-order valence-corrected chi connectivity index (χ3v) is 4.97. The number of aromatic nitrogens is 3. The van der Waals surface area contributed by atoms with Gasteiger partial charge >= 0.3 is 0 Å². The van der Waals surface area contributed by atoms with Gasteiger partial charge in [-0.15, -0.1) is 5.10 Å². The molecule has 0 radical (unpaired) electrons. The lowest BCUT2D eigenvalue weighted by Crippen LogP contribution is -2.41. The Hall–Kier alpha value is -1.10. The van der Waals surface area contributed by atoms with E-state index in [1.54, 1.807) is 0 Å². The average molecular weight is 277 g/mol. The summed E-state index contributed by atoms with van der Waals surface area (Å²) in [4.78, 5) is 6.99. The van der Waals surface area contributed by atoms with E-state index in [-0.39, 0.29) is 0 Å². The standard InChI is InChI=1S/C15H27N5/c1-16-13-8-10-20(11-9-13)15-17-14(18-19-15)7-6-12-4-2-3-5-12/h12-13,16H,2-11H2,1H3,(H,17,18,19). The molecule has 1 aliphatic heterocycles. The maximum absolute atomic E-state index is 4.68. The monoisotopic (exact) mass is 277 g/mol. The Bertz CT molecular complexity index is 402. The fraction of sp³-hybridized carbons (Fsp3) is 0.867. The number of hydrogen-bond acceptors (Lipinski definition) is 4. The molecule has 3 rings (SSSR count). The predicted molar refractivity (Wildman–Crippen MR) is 81.0 cm³/mol. The molecule has 20 heavy (non-hydrogen) atoms. The molecule has 1 aromatic heterocycles. The zero-order valence-electron chi connectivity index (χ0n) is 12.6. The first kappa shape index (κ1) is 13.9. The number of aryl methyl sites for hydroxylation is 1. The molecule has 0 atom stereocenters. The number of nitrogens with zero attached hydrogens (tertiary/aromatic N) is 3. The Kier molecular flexibility index (Phi) is 4.55. The van der Waals surface area contributed by atoms with Crippen LogP contribution in [-0.2, 0) is 6.42 Å². The van der Waals surface area contributed by atoms with Gasteiger partial charge < -0.3 is 10.2 Å². The summed E-state index contributed by atoms with van der Waals surface area (Å²) < 4.78 is 0. The average Bonchev–Trinajstić information content (AvgIpc) is 3.17. The van der Waals surface area contributed by atoms with E-state index >= 15 is 0 Å². The summed E-state index contributed by atoms with van der Waals surface area (Å²) >= 11 is 0. The van der Waals surface area contributed by atoms with Gasteiger partial charge in [0.2, 0.25) is 5.95 Å². The van der Waals surface area contributed by atoms with Crippen LogP contribution in [0.15, 0.2) is 0 Å². The SMILES string of the molecule is CNC1CCN(c2n[nH]c(CCC3CCCC3)n2)CC1.